The second-order valence-corrected chi connectivity index (χ2v) is 3.59. The quantitative estimate of drug-likeness (QED) is 0.481. The molecule has 1 N–H and O–H groups in total. The molecule has 0 fully saturated rings. The minimum atomic E-state index is -1.73. The van der Waals surface area contributed by atoms with Crippen LogP contribution in [0.5, 0.6) is 0 Å². The van der Waals surface area contributed by atoms with Crippen molar-refractivity contribution in [1.82, 2.24) is 4.98 Å². The Kier molecular flexibility index (Phi) is 3.08. The Bertz CT molecular complexity index is 437. The van der Waals surface area contributed by atoms with Crippen LogP contribution in [0.1, 0.15) is 13.8 Å². The summed E-state index contributed by atoms with van der Waals surface area (Å²) in [6.45, 7) is 2.84. The van der Waals surface area contributed by atoms with E-state index < -0.39 is 34.8 Å². The van der Waals surface area contributed by atoms with Crippen LogP contribution in [0.4, 0.5) is 23.2 Å². The summed E-state index contributed by atoms with van der Waals surface area (Å²) in [7, 11) is 0. The van der Waals surface area contributed by atoms with Crippen LogP contribution in [-0.2, 0) is 0 Å². The molecule has 0 aliphatic rings. The molecule has 1 aromatic rings. The average Bonchev–Trinajstić information content (AvgIpc) is 2.22. The van der Waals surface area contributed by atoms with Crippen LogP contribution in [0.15, 0.2) is 0 Å². The van der Waals surface area contributed by atoms with Crippen LogP contribution in [0.25, 0.3) is 0 Å². The number of aromatic nitrogens is 1. The third-order valence-electron chi connectivity index (χ3n) is 1.80. The first-order valence-corrected chi connectivity index (χ1v) is 4.24. The number of hydrogen-bond acceptors (Lipinski definition) is 2. The Morgan fingerprint density at radius 1 is 1.12 bits per heavy atom. The van der Waals surface area contributed by atoms with Gasteiger partial charge in [-0.2, -0.15) is 22.5 Å². The second-order valence-electron chi connectivity index (χ2n) is 3.59. The highest BCUT2D eigenvalue weighted by atomic mass is 19.2. The monoisotopic (exact) mass is 232 g/mol. The molecular formula is C10H8F4N2. The Labute approximate surface area is 89.7 Å². The molecule has 0 aliphatic heterocycles. The molecule has 0 radical (unpaired) electrons. The topological polar surface area (TPSA) is 24.9 Å². The zero-order valence-corrected chi connectivity index (χ0v) is 8.54. The largest absolute Gasteiger partial charge is 0.364 e. The fraction of sp³-hybridized carbons (Fsp3) is 0.300. The minimum Gasteiger partial charge on any atom is -0.364 e. The fourth-order valence-corrected chi connectivity index (χ4v) is 0.945. The highest BCUT2D eigenvalue weighted by Crippen LogP contribution is 2.24. The van der Waals surface area contributed by atoms with E-state index in [0.717, 1.165) is 0 Å². The highest BCUT2D eigenvalue weighted by molar-refractivity contribution is 5.49. The van der Waals surface area contributed by atoms with E-state index in [0.29, 0.717) is 0 Å². The fourth-order valence-electron chi connectivity index (χ4n) is 0.945. The van der Waals surface area contributed by atoms with E-state index in [1.807, 2.05) is 0 Å². The zero-order valence-electron chi connectivity index (χ0n) is 8.54. The lowest BCUT2D eigenvalue weighted by atomic mass is 10.1. The predicted molar refractivity (Wildman–Crippen MR) is 50.6 cm³/mol. The molecule has 6 heteroatoms. The first-order valence-electron chi connectivity index (χ1n) is 4.24. The van der Waals surface area contributed by atoms with Gasteiger partial charge in [0, 0.05) is 0 Å². The summed E-state index contributed by atoms with van der Waals surface area (Å²) >= 11 is 0. The van der Waals surface area contributed by atoms with Crippen LogP contribution >= 0.6 is 0 Å². The normalized spacial score (nSPS) is 11.1. The SMILES string of the molecule is C#CC(C)(C)Nc1c(F)c(F)nc(F)c1F. The van der Waals surface area contributed by atoms with E-state index in [-0.39, 0.29) is 0 Å². The maximum atomic E-state index is 13.1. The van der Waals surface area contributed by atoms with E-state index in [1.165, 1.54) is 13.8 Å². The zero-order chi connectivity index (χ0) is 12.5. The molecule has 0 bridgehead atoms. The third-order valence-corrected chi connectivity index (χ3v) is 1.80. The predicted octanol–water partition coefficient (Wildman–Crippen LogP) is 2.46. The van der Waals surface area contributed by atoms with Gasteiger partial charge in [-0.25, -0.2) is 0 Å². The summed E-state index contributed by atoms with van der Waals surface area (Å²) < 4.78 is 51.7. The summed E-state index contributed by atoms with van der Waals surface area (Å²) in [4.78, 5) is 2.41. The number of anilines is 1. The van der Waals surface area contributed by atoms with Gasteiger partial charge in [0.15, 0.2) is 0 Å². The standard InChI is InChI=1S/C10H8F4N2/c1-4-10(2,3)16-7-5(11)8(13)15-9(14)6(7)12/h1H,2-3H3,(H,15,16). The highest BCUT2D eigenvalue weighted by Gasteiger charge is 2.25. The molecule has 0 saturated heterocycles. The smallest absolute Gasteiger partial charge is 0.253 e. The molecule has 0 atom stereocenters. The van der Waals surface area contributed by atoms with Crippen LogP contribution in [0.2, 0.25) is 0 Å². The van der Waals surface area contributed by atoms with Crippen molar-refractivity contribution in [2.75, 3.05) is 5.32 Å². The molecule has 0 aliphatic carbocycles. The molecule has 16 heavy (non-hydrogen) atoms. The molecule has 1 aromatic heterocycles. The molecule has 86 valence electrons. The van der Waals surface area contributed by atoms with E-state index in [4.69, 9.17) is 6.42 Å². The van der Waals surface area contributed by atoms with Gasteiger partial charge in [-0.1, -0.05) is 5.92 Å². The van der Waals surface area contributed by atoms with Crippen molar-refractivity contribution in [2.24, 2.45) is 0 Å². The summed E-state index contributed by atoms with van der Waals surface area (Å²) in [6, 6.07) is 0. The number of halogens is 4. The number of hydrogen-bond donors (Lipinski definition) is 1. The van der Waals surface area contributed by atoms with E-state index in [9.17, 15) is 17.6 Å². The molecular weight excluding hydrogens is 224 g/mol. The Hall–Kier alpha value is -1.77. The number of nitrogens with one attached hydrogen (secondary N) is 1. The molecule has 2 nitrogen and oxygen atoms in total. The second kappa shape index (κ2) is 4.00. The summed E-state index contributed by atoms with van der Waals surface area (Å²) in [5.41, 5.74) is -2.12. The van der Waals surface area contributed by atoms with Gasteiger partial charge in [0.2, 0.25) is 11.6 Å². The van der Waals surface area contributed by atoms with Gasteiger partial charge < -0.3 is 5.32 Å². The van der Waals surface area contributed by atoms with Crippen LogP contribution < -0.4 is 5.32 Å². The van der Waals surface area contributed by atoms with Crippen molar-refractivity contribution >= 4 is 5.69 Å². The Morgan fingerprint density at radius 2 is 1.56 bits per heavy atom. The maximum Gasteiger partial charge on any atom is 0.253 e. The summed E-state index contributed by atoms with van der Waals surface area (Å²) in [5.74, 6) is -4.50. The van der Waals surface area contributed by atoms with E-state index >= 15 is 0 Å². The van der Waals surface area contributed by atoms with Crippen molar-refractivity contribution in [3.63, 3.8) is 0 Å². The number of nitrogens with zero attached hydrogens (tertiary/aromatic N) is 1. The first-order chi connectivity index (χ1) is 7.28. The van der Waals surface area contributed by atoms with Crippen molar-refractivity contribution in [2.45, 2.75) is 19.4 Å². The summed E-state index contributed by atoms with van der Waals surface area (Å²) in [5, 5.41) is 2.18. The molecule has 1 heterocycles. The van der Waals surface area contributed by atoms with Crippen molar-refractivity contribution < 1.29 is 17.6 Å². The van der Waals surface area contributed by atoms with Crippen molar-refractivity contribution in [3.05, 3.63) is 23.5 Å². The number of rotatable bonds is 2. The van der Waals surface area contributed by atoms with E-state index in [2.05, 4.69) is 16.2 Å². The van der Waals surface area contributed by atoms with E-state index in [1.54, 1.807) is 0 Å². The lowest BCUT2D eigenvalue weighted by Gasteiger charge is -2.21. The van der Waals surface area contributed by atoms with Gasteiger partial charge >= 0.3 is 0 Å². The van der Waals surface area contributed by atoms with Crippen LogP contribution in [0, 0.1) is 35.9 Å². The molecule has 0 unspecified atom stereocenters. The molecule has 0 saturated carbocycles. The lowest BCUT2D eigenvalue weighted by Crippen LogP contribution is -2.30. The minimum absolute atomic E-state index is 0.965. The molecule has 0 aromatic carbocycles. The molecule has 0 spiro atoms. The third kappa shape index (κ3) is 2.24. The van der Waals surface area contributed by atoms with Gasteiger partial charge in [-0.15, -0.1) is 6.42 Å². The van der Waals surface area contributed by atoms with Crippen molar-refractivity contribution in [1.29, 1.82) is 0 Å². The lowest BCUT2D eigenvalue weighted by molar-refractivity contribution is 0.409. The Balaban J connectivity index is 3.29. The summed E-state index contributed by atoms with van der Waals surface area (Å²) in [6.07, 6.45) is 5.07. The van der Waals surface area contributed by atoms with Gasteiger partial charge in [0.1, 0.15) is 5.69 Å². The maximum absolute atomic E-state index is 13.1. The average molecular weight is 232 g/mol. The van der Waals surface area contributed by atoms with Gasteiger partial charge in [-0.3, -0.25) is 0 Å². The van der Waals surface area contributed by atoms with Gasteiger partial charge in [0.05, 0.1) is 5.54 Å². The Morgan fingerprint density at radius 3 is 1.94 bits per heavy atom. The van der Waals surface area contributed by atoms with Gasteiger partial charge in [-0.05, 0) is 13.8 Å². The van der Waals surface area contributed by atoms with Gasteiger partial charge in [0.25, 0.3) is 11.9 Å². The molecule has 1 rings (SSSR count). The van der Waals surface area contributed by atoms with Crippen LogP contribution in [0.3, 0.4) is 0 Å². The molecule has 0 amide bonds. The number of terminal acetylenes is 1. The number of pyridine rings is 1. The van der Waals surface area contributed by atoms with Crippen LogP contribution in [-0.4, -0.2) is 10.5 Å². The first kappa shape index (κ1) is 12.3. The van der Waals surface area contributed by atoms with Crippen molar-refractivity contribution in [3.8, 4) is 12.3 Å².